The highest BCUT2D eigenvalue weighted by Gasteiger charge is 2.18. The first-order valence-electron chi connectivity index (χ1n) is 5.16. The maximum absolute atomic E-state index is 5.86. The van der Waals surface area contributed by atoms with E-state index in [1.54, 1.807) is 0 Å². The van der Waals surface area contributed by atoms with Crippen molar-refractivity contribution in [2.45, 2.75) is 19.3 Å². The van der Waals surface area contributed by atoms with Crippen molar-refractivity contribution in [3.63, 3.8) is 0 Å². The van der Waals surface area contributed by atoms with Crippen LogP contribution in [0.2, 0.25) is 5.02 Å². The zero-order valence-corrected chi connectivity index (χ0v) is 9.01. The van der Waals surface area contributed by atoms with Gasteiger partial charge in [-0.2, -0.15) is 5.10 Å². The van der Waals surface area contributed by atoms with Crippen molar-refractivity contribution in [2.75, 3.05) is 0 Å². The second-order valence-electron chi connectivity index (χ2n) is 3.89. The molecule has 1 N–H and O–H groups in total. The van der Waals surface area contributed by atoms with E-state index in [0.29, 0.717) is 0 Å². The molecule has 0 saturated carbocycles. The molecule has 76 valence electrons. The fraction of sp³-hybridized carbons (Fsp3) is 0.250. The molecular weight excluding hydrogens is 208 g/mol. The molecule has 3 heteroatoms. The summed E-state index contributed by atoms with van der Waals surface area (Å²) in [5.41, 5.74) is 4.94. The lowest BCUT2D eigenvalue weighted by molar-refractivity contribution is 0.867. The monoisotopic (exact) mass is 218 g/mol. The van der Waals surface area contributed by atoms with Gasteiger partial charge in [-0.05, 0) is 31.4 Å². The number of hydrogen-bond donors (Lipinski definition) is 1. The quantitative estimate of drug-likeness (QED) is 0.782. The standard InChI is InChI=1S/C12H11ClN2/c13-9-6-4-8(5-7-9)12-10-2-1-3-11(10)14-15-12/h4-7H,1-3H2,(H,14,15). The highest BCUT2D eigenvalue weighted by molar-refractivity contribution is 6.30. The lowest BCUT2D eigenvalue weighted by atomic mass is 10.1. The summed E-state index contributed by atoms with van der Waals surface area (Å²) >= 11 is 5.86. The maximum Gasteiger partial charge on any atom is 0.0955 e. The smallest absolute Gasteiger partial charge is 0.0955 e. The molecule has 1 aliphatic rings. The lowest BCUT2D eigenvalue weighted by Crippen LogP contribution is -1.83. The number of H-pyrrole nitrogens is 1. The van der Waals surface area contributed by atoms with Crippen LogP contribution in [-0.2, 0) is 12.8 Å². The molecule has 1 aromatic carbocycles. The van der Waals surface area contributed by atoms with Crippen LogP contribution in [0.1, 0.15) is 17.7 Å². The van der Waals surface area contributed by atoms with Crippen molar-refractivity contribution in [3.8, 4) is 11.3 Å². The van der Waals surface area contributed by atoms with Crippen molar-refractivity contribution in [1.29, 1.82) is 0 Å². The Kier molecular flexibility index (Phi) is 2.03. The number of nitrogens with one attached hydrogen (secondary N) is 1. The van der Waals surface area contributed by atoms with E-state index in [9.17, 15) is 0 Å². The van der Waals surface area contributed by atoms with Gasteiger partial charge in [-0.3, -0.25) is 5.10 Å². The van der Waals surface area contributed by atoms with E-state index >= 15 is 0 Å². The molecule has 0 saturated heterocycles. The van der Waals surface area contributed by atoms with Crippen LogP contribution in [0.4, 0.5) is 0 Å². The van der Waals surface area contributed by atoms with E-state index in [1.807, 2.05) is 24.3 Å². The van der Waals surface area contributed by atoms with Crippen molar-refractivity contribution in [1.82, 2.24) is 10.2 Å². The topological polar surface area (TPSA) is 28.7 Å². The van der Waals surface area contributed by atoms with Crippen molar-refractivity contribution in [3.05, 3.63) is 40.5 Å². The van der Waals surface area contributed by atoms with E-state index in [4.69, 9.17) is 11.6 Å². The third kappa shape index (κ3) is 1.45. The molecule has 2 aromatic rings. The number of halogens is 1. The minimum atomic E-state index is 0.769. The van der Waals surface area contributed by atoms with Gasteiger partial charge in [-0.25, -0.2) is 0 Å². The molecule has 2 nitrogen and oxygen atoms in total. The Bertz CT molecular complexity index is 485. The zero-order chi connectivity index (χ0) is 10.3. The average molecular weight is 219 g/mol. The molecule has 0 fully saturated rings. The van der Waals surface area contributed by atoms with Crippen LogP contribution in [0.25, 0.3) is 11.3 Å². The number of aromatic nitrogens is 2. The maximum atomic E-state index is 5.86. The Balaban J connectivity index is 2.09. The highest BCUT2D eigenvalue weighted by atomic mass is 35.5. The van der Waals surface area contributed by atoms with Gasteiger partial charge >= 0.3 is 0 Å². The van der Waals surface area contributed by atoms with Crippen molar-refractivity contribution < 1.29 is 0 Å². The van der Waals surface area contributed by atoms with Crippen LogP contribution in [0, 0.1) is 0 Å². The van der Waals surface area contributed by atoms with E-state index in [0.717, 1.165) is 29.1 Å². The molecule has 1 heterocycles. The Morgan fingerprint density at radius 1 is 1.13 bits per heavy atom. The Hall–Kier alpha value is -1.28. The Morgan fingerprint density at radius 2 is 1.93 bits per heavy atom. The SMILES string of the molecule is Clc1ccc(-c2n[nH]c3c2CCC3)cc1. The van der Waals surface area contributed by atoms with Crippen molar-refractivity contribution in [2.24, 2.45) is 0 Å². The van der Waals surface area contributed by atoms with Crippen LogP contribution >= 0.6 is 11.6 Å². The summed E-state index contributed by atoms with van der Waals surface area (Å²) in [4.78, 5) is 0. The normalized spacial score (nSPS) is 14.2. The minimum absolute atomic E-state index is 0.769. The fourth-order valence-corrected chi connectivity index (χ4v) is 2.29. The van der Waals surface area contributed by atoms with Gasteiger partial charge in [0.15, 0.2) is 0 Å². The van der Waals surface area contributed by atoms with Gasteiger partial charge in [0.05, 0.1) is 5.69 Å². The van der Waals surface area contributed by atoms with Gasteiger partial charge in [-0.1, -0.05) is 23.7 Å². The van der Waals surface area contributed by atoms with Crippen molar-refractivity contribution >= 4 is 11.6 Å². The van der Waals surface area contributed by atoms with Gasteiger partial charge < -0.3 is 0 Å². The van der Waals surface area contributed by atoms with Gasteiger partial charge in [0.2, 0.25) is 0 Å². The number of aryl methyl sites for hydroxylation is 1. The third-order valence-electron chi connectivity index (χ3n) is 2.92. The number of rotatable bonds is 1. The largest absolute Gasteiger partial charge is 0.282 e. The highest BCUT2D eigenvalue weighted by Crippen LogP contribution is 2.30. The second kappa shape index (κ2) is 3.38. The molecule has 0 spiro atoms. The summed E-state index contributed by atoms with van der Waals surface area (Å²) in [5.74, 6) is 0. The molecule has 3 rings (SSSR count). The summed E-state index contributed by atoms with van der Waals surface area (Å²) in [6, 6.07) is 7.87. The van der Waals surface area contributed by atoms with E-state index in [2.05, 4.69) is 10.2 Å². The van der Waals surface area contributed by atoms with Crippen LogP contribution < -0.4 is 0 Å². The zero-order valence-electron chi connectivity index (χ0n) is 8.26. The first-order valence-corrected chi connectivity index (χ1v) is 5.54. The number of fused-ring (bicyclic) bond motifs is 1. The summed E-state index contributed by atoms with van der Waals surface area (Å²) < 4.78 is 0. The molecule has 0 amide bonds. The number of hydrogen-bond acceptors (Lipinski definition) is 1. The van der Waals surface area contributed by atoms with Gasteiger partial charge in [0.25, 0.3) is 0 Å². The predicted octanol–water partition coefficient (Wildman–Crippen LogP) is 3.22. The molecule has 1 aromatic heterocycles. The first-order chi connectivity index (χ1) is 7.34. The molecule has 0 atom stereocenters. The second-order valence-corrected chi connectivity index (χ2v) is 4.33. The molecule has 0 bridgehead atoms. The van der Waals surface area contributed by atoms with Crippen LogP contribution in [-0.4, -0.2) is 10.2 Å². The van der Waals surface area contributed by atoms with E-state index in [1.165, 1.54) is 17.7 Å². The molecule has 0 radical (unpaired) electrons. The lowest BCUT2D eigenvalue weighted by Gasteiger charge is -1.99. The van der Waals surface area contributed by atoms with Gasteiger partial charge in [-0.15, -0.1) is 0 Å². The first kappa shape index (κ1) is 8.98. The number of nitrogens with zero attached hydrogens (tertiary/aromatic N) is 1. The molecule has 0 unspecified atom stereocenters. The van der Waals surface area contributed by atoms with Gasteiger partial charge in [0.1, 0.15) is 0 Å². The van der Waals surface area contributed by atoms with Gasteiger partial charge in [0, 0.05) is 21.8 Å². The van der Waals surface area contributed by atoms with Crippen LogP contribution in [0.15, 0.2) is 24.3 Å². The predicted molar refractivity (Wildman–Crippen MR) is 61.1 cm³/mol. The molecule has 0 aliphatic heterocycles. The molecule has 1 aliphatic carbocycles. The molecular formula is C12H11ClN2. The Morgan fingerprint density at radius 3 is 2.73 bits per heavy atom. The fourth-order valence-electron chi connectivity index (χ4n) is 2.17. The summed E-state index contributed by atoms with van der Waals surface area (Å²) in [7, 11) is 0. The van der Waals surface area contributed by atoms with Crippen LogP contribution in [0.3, 0.4) is 0 Å². The third-order valence-corrected chi connectivity index (χ3v) is 3.18. The van der Waals surface area contributed by atoms with Crippen LogP contribution in [0.5, 0.6) is 0 Å². The Labute approximate surface area is 93.3 Å². The summed E-state index contributed by atoms with van der Waals surface area (Å²) in [6.45, 7) is 0. The summed E-state index contributed by atoms with van der Waals surface area (Å²) in [5, 5.41) is 8.26. The number of aromatic amines is 1. The van der Waals surface area contributed by atoms with E-state index < -0.39 is 0 Å². The summed E-state index contributed by atoms with van der Waals surface area (Å²) in [6.07, 6.45) is 3.52. The van der Waals surface area contributed by atoms with E-state index in [-0.39, 0.29) is 0 Å². The number of benzene rings is 1. The molecule has 15 heavy (non-hydrogen) atoms. The minimum Gasteiger partial charge on any atom is -0.282 e. The average Bonchev–Trinajstić information content (AvgIpc) is 2.80.